The highest BCUT2D eigenvalue weighted by atomic mass is 28.4. The molecule has 0 saturated heterocycles. The van der Waals surface area contributed by atoms with E-state index in [1.807, 2.05) is 18.2 Å². The van der Waals surface area contributed by atoms with Gasteiger partial charge in [0.2, 0.25) is 0 Å². The first-order valence-corrected chi connectivity index (χ1v) is 15.1. The largest absolute Gasteiger partial charge is 0.404 e. The third-order valence-electron chi connectivity index (χ3n) is 6.66. The van der Waals surface area contributed by atoms with Crippen LogP contribution in [0.3, 0.4) is 0 Å². The van der Waals surface area contributed by atoms with Crippen LogP contribution < -0.4 is 10.4 Å². The number of ether oxygens (including phenoxy) is 2. The highest BCUT2D eigenvalue weighted by molar-refractivity contribution is 6.99. The Bertz CT molecular complexity index is 873. The first-order valence-electron chi connectivity index (χ1n) is 13.1. The lowest BCUT2D eigenvalue weighted by molar-refractivity contribution is -0.0859. The fraction of sp³-hybridized carbons (Fsp3) is 0.484. The van der Waals surface area contributed by atoms with E-state index in [0.29, 0.717) is 25.7 Å². The van der Waals surface area contributed by atoms with Crippen LogP contribution in [0.2, 0.25) is 5.04 Å². The molecular weight excluding hydrogens is 480 g/mol. The van der Waals surface area contributed by atoms with E-state index in [1.54, 1.807) is 13.2 Å². The molecule has 2 aromatic carbocycles. The summed E-state index contributed by atoms with van der Waals surface area (Å²) in [5.41, 5.74) is 0. The quantitative estimate of drug-likeness (QED) is 0.173. The molecule has 0 spiro atoms. The molecule has 6 heteroatoms. The van der Waals surface area contributed by atoms with Crippen molar-refractivity contribution in [1.29, 1.82) is 0 Å². The van der Waals surface area contributed by atoms with Gasteiger partial charge in [0.05, 0.1) is 24.4 Å². The number of aliphatic hydroxyl groups excluding tert-OH is 2. The highest BCUT2D eigenvalue weighted by Gasteiger charge is 2.51. The molecule has 0 aliphatic carbocycles. The van der Waals surface area contributed by atoms with Gasteiger partial charge in [-0.1, -0.05) is 93.6 Å². The molecule has 0 heterocycles. The summed E-state index contributed by atoms with van der Waals surface area (Å²) in [4.78, 5) is 0. The summed E-state index contributed by atoms with van der Waals surface area (Å²) in [6.45, 7) is 14.6. The monoisotopic (exact) mass is 526 g/mol. The molecule has 2 aromatic rings. The molecule has 204 valence electrons. The molecule has 0 bridgehead atoms. The zero-order valence-corrected chi connectivity index (χ0v) is 24.0. The second-order valence-electron chi connectivity index (χ2n) is 10.7. The van der Waals surface area contributed by atoms with Gasteiger partial charge < -0.3 is 24.1 Å². The minimum atomic E-state index is -2.77. The summed E-state index contributed by atoms with van der Waals surface area (Å²) in [6.07, 6.45) is 3.95. The zero-order chi connectivity index (χ0) is 27.3. The van der Waals surface area contributed by atoms with Crippen molar-refractivity contribution in [3.8, 4) is 0 Å². The first-order chi connectivity index (χ1) is 17.7. The van der Waals surface area contributed by atoms with Gasteiger partial charge in [0.1, 0.15) is 6.79 Å². The zero-order valence-electron chi connectivity index (χ0n) is 23.0. The molecule has 4 atom stereocenters. The number of aliphatic hydroxyl groups is 2. The van der Waals surface area contributed by atoms with Gasteiger partial charge >= 0.3 is 0 Å². The van der Waals surface area contributed by atoms with Gasteiger partial charge in [0.15, 0.2) is 0 Å². The Morgan fingerprint density at radius 1 is 0.784 bits per heavy atom. The molecule has 0 unspecified atom stereocenters. The molecule has 0 radical (unpaired) electrons. The van der Waals surface area contributed by atoms with Crippen molar-refractivity contribution in [3.63, 3.8) is 0 Å². The predicted molar refractivity (Wildman–Crippen MR) is 155 cm³/mol. The van der Waals surface area contributed by atoms with E-state index in [2.05, 4.69) is 82.5 Å². The topological polar surface area (TPSA) is 68.2 Å². The van der Waals surface area contributed by atoms with E-state index in [4.69, 9.17) is 13.9 Å². The van der Waals surface area contributed by atoms with Gasteiger partial charge in [0.25, 0.3) is 8.32 Å². The molecule has 0 aliphatic heterocycles. The lowest BCUT2D eigenvalue weighted by Crippen LogP contribution is -2.67. The first kappa shape index (κ1) is 31.2. The predicted octanol–water partition coefficient (Wildman–Crippen LogP) is 4.97. The van der Waals surface area contributed by atoms with Crippen LogP contribution in [-0.2, 0) is 13.9 Å². The van der Waals surface area contributed by atoms with Crippen LogP contribution in [0.25, 0.3) is 0 Å². The van der Waals surface area contributed by atoms with Gasteiger partial charge in [0, 0.05) is 7.11 Å². The van der Waals surface area contributed by atoms with Gasteiger partial charge in [-0.15, -0.1) is 13.2 Å². The average molecular weight is 527 g/mol. The molecule has 0 aliphatic rings. The Balaban J connectivity index is 2.28. The van der Waals surface area contributed by atoms with E-state index in [1.165, 1.54) is 10.4 Å². The van der Waals surface area contributed by atoms with E-state index in [-0.39, 0.29) is 30.5 Å². The molecule has 5 nitrogen and oxygen atoms in total. The Morgan fingerprint density at radius 2 is 1.24 bits per heavy atom. The third-order valence-corrected chi connectivity index (χ3v) is 11.7. The van der Waals surface area contributed by atoms with Crippen LogP contribution in [-0.4, -0.2) is 56.8 Å². The van der Waals surface area contributed by atoms with E-state index >= 15 is 0 Å². The van der Waals surface area contributed by atoms with Gasteiger partial charge in [-0.3, -0.25) is 0 Å². The Hall–Kier alpha value is -2.06. The molecule has 37 heavy (non-hydrogen) atoms. The summed E-state index contributed by atoms with van der Waals surface area (Å²) < 4.78 is 17.8. The highest BCUT2D eigenvalue weighted by Crippen LogP contribution is 2.38. The minimum Gasteiger partial charge on any atom is -0.404 e. The van der Waals surface area contributed by atoms with Gasteiger partial charge in [-0.2, -0.15) is 0 Å². The molecule has 0 aromatic heterocycles. The summed E-state index contributed by atoms with van der Waals surface area (Å²) in [6, 6.07) is 21.0. The van der Waals surface area contributed by atoms with E-state index in [0.717, 1.165) is 0 Å². The van der Waals surface area contributed by atoms with Crippen LogP contribution in [0, 0.1) is 0 Å². The molecule has 2 rings (SSSR count). The second kappa shape index (κ2) is 15.4. The lowest BCUT2D eigenvalue weighted by Gasteiger charge is -2.45. The van der Waals surface area contributed by atoms with Crippen LogP contribution in [0.15, 0.2) is 86.0 Å². The van der Waals surface area contributed by atoms with Crippen molar-refractivity contribution in [3.05, 3.63) is 86.0 Å². The normalized spacial score (nSPS) is 15.5. The number of methoxy groups -OCH3 is 1. The van der Waals surface area contributed by atoms with Crippen LogP contribution >= 0.6 is 0 Å². The van der Waals surface area contributed by atoms with E-state index < -0.39 is 20.5 Å². The van der Waals surface area contributed by atoms with Crippen LogP contribution in [0.5, 0.6) is 0 Å². The average Bonchev–Trinajstić information content (AvgIpc) is 2.86. The molecule has 0 fully saturated rings. The van der Waals surface area contributed by atoms with Crippen molar-refractivity contribution >= 4 is 18.7 Å². The van der Waals surface area contributed by atoms with Crippen molar-refractivity contribution < 1.29 is 24.1 Å². The van der Waals surface area contributed by atoms with Crippen molar-refractivity contribution in [2.45, 2.75) is 82.3 Å². The van der Waals surface area contributed by atoms with Crippen molar-refractivity contribution in [1.82, 2.24) is 0 Å². The summed E-state index contributed by atoms with van der Waals surface area (Å²) >= 11 is 0. The summed E-state index contributed by atoms with van der Waals surface area (Å²) in [5.74, 6) is 0. The van der Waals surface area contributed by atoms with Crippen LogP contribution in [0.1, 0.15) is 52.9 Å². The standard InChI is InChI=1S/C31H46O5Si/c1-7-15-27(35-24-34-6)22-25(32)21-26(33)23-28(16-8-2)36-37(31(3,4)5,29-17-11-9-12-18-29)30-19-13-10-14-20-30/h7-14,17-20,25-28,32-33H,1-2,15-16,21-24H2,3-6H3/t25-,26+,27-,28+/m1/s1. The second-order valence-corrected chi connectivity index (χ2v) is 14.9. The fourth-order valence-electron chi connectivity index (χ4n) is 5.02. The van der Waals surface area contributed by atoms with E-state index in [9.17, 15) is 10.2 Å². The van der Waals surface area contributed by atoms with Crippen LogP contribution in [0.4, 0.5) is 0 Å². The van der Waals surface area contributed by atoms with Crippen molar-refractivity contribution in [2.75, 3.05) is 13.9 Å². The molecule has 2 N–H and O–H groups in total. The summed E-state index contributed by atoms with van der Waals surface area (Å²) in [5, 5.41) is 24.0. The van der Waals surface area contributed by atoms with Crippen molar-refractivity contribution in [2.24, 2.45) is 0 Å². The Morgan fingerprint density at radius 3 is 1.68 bits per heavy atom. The van der Waals surface area contributed by atoms with Gasteiger partial charge in [-0.05, 0) is 47.5 Å². The Kier molecular flexibility index (Phi) is 12.9. The number of rotatable bonds is 17. The lowest BCUT2D eigenvalue weighted by atomic mass is 9.99. The fourth-order valence-corrected chi connectivity index (χ4v) is 9.72. The maximum Gasteiger partial charge on any atom is 0.261 e. The maximum absolute atomic E-state index is 11.0. The molecular formula is C31H46O5Si. The number of benzene rings is 2. The number of hydrogen-bond acceptors (Lipinski definition) is 5. The summed E-state index contributed by atoms with van der Waals surface area (Å²) in [7, 11) is -1.21. The third kappa shape index (κ3) is 9.02. The molecule has 0 saturated carbocycles. The molecule has 0 amide bonds. The van der Waals surface area contributed by atoms with Gasteiger partial charge in [-0.25, -0.2) is 0 Å². The minimum absolute atomic E-state index is 0.154. The number of hydrogen-bond donors (Lipinski definition) is 2. The Labute approximate surface area is 224 Å². The SMILES string of the molecule is C=CC[C@H](C[C@H](O)C[C@H](O)C[C@H](CC=C)O[Si](c1ccccc1)(c1ccccc1)C(C)(C)C)OCOC. The maximum atomic E-state index is 11.0. The smallest absolute Gasteiger partial charge is 0.261 e.